The number of nitrogens with one attached hydrogen (secondary N) is 1. The van der Waals surface area contributed by atoms with Gasteiger partial charge < -0.3 is 5.32 Å². The summed E-state index contributed by atoms with van der Waals surface area (Å²) in [4.78, 5) is 11.7. The number of hydrogen-bond acceptors (Lipinski definition) is 4. The molecule has 0 aliphatic carbocycles. The predicted molar refractivity (Wildman–Crippen MR) is 77.5 cm³/mol. The van der Waals surface area contributed by atoms with Crippen LogP contribution in [-0.2, 0) is 19.1 Å². The second-order valence-corrected chi connectivity index (χ2v) is 6.11. The summed E-state index contributed by atoms with van der Waals surface area (Å²) < 4.78 is 26.5. The lowest BCUT2D eigenvalue weighted by atomic mass is 10.1. The highest BCUT2D eigenvalue weighted by Gasteiger charge is 2.09. The highest BCUT2D eigenvalue weighted by atomic mass is 32.2. The van der Waals surface area contributed by atoms with Gasteiger partial charge in [-0.25, -0.2) is 0 Å². The summed E-state index contributed by atoms with van der Waals surface area (Å²) in [5, 5.41) is 2.78. The highest BCUT2D eigenvalue weighted by Crippen LogP contribution is 2.10. The first-order valence-electron chi connectivity index (χ1n) is 6.20. The lowest BCUT2D eigenvalue weighted by Gasteiger charge is -2.12. The van der Waals surface area contributed by atoms with Crippen molar-refractivity contribution < 1.29 is 17.4 Å². The monoisotopic (exact) mass is 297 g/mol. The number of carbonyl (C=O) groups excluding carboxylic acids is 1. The molecule has 5 nitrogen and oxygen atoms in total. The van der Waals surface area contributed by atoms with Gasteiger partial charge in [-0.2, -0.15) is 8.42 Å². The fourth-order valence-electron chi connectivity index (χ4n) is 1.62. The zero-order chi connectivity index (χ0) is 15.2. The zero-order valence-electron chi connectivity index (χ0n) is 11.7. The summed E-state index contributed by atoms with van der Waals surface area (Å²) in [5.41, 5.74) is 0.995. The van der Waals surface area contributed by atoms with Crippen LogP contribution in [0, 0.1) is 0 Å². The van der Waals surface area contributed by atoms with Crippen molar-refractivity contribution in [2.24, 2.45) is 0 Å². The molecule has 6 heteroatoms. The van der Waals surface area contributed by atoms with E-state index in [9.17, 15) is 13.2 Å². The van der Waals surface area contributed by atoms with E-state index < -0.39 is 16.2 Å². The highest BCUT2D eigenvalue weighted by molar-refractivity contribution is 7.86. The molecule has 1 aromatic rings. The smallest absolute Gasteiger partial charge is 0.264 e. The standard InChI is InChI=1S/C14H19NO4S/c1-11(19-20(3,17)18)9-10-14(16)15-12(2)13-7-5-4-6-8-13/h4-12H,1-3H3,(H,15,16)/b10-9+/t11-,12+/m0/s1. The van der Waals surface area contributed by atoms with Crippen LogP contribution in [0.3, 0.4) is 0 Å². The molecule has 1 N–H and O–H groups in total. The lowest BCUT2D eigenvalue weighted by molar-refractivity contribution is -0.117. The topological polar surface area (TPSA) is 72.5 Å². The van der Waals surface area contributed by atoms with Crippen molar-refractivity contribution in [2.75, 3.05) is 6.26 Å². The molecule has 1 amide bonds. The van der Waals surface area contributed by atoms with E-state index in [0.717, 1.165) is 11.8 Å². The largest absolute Gasteiger partial charge is 0.346 e. The molecule has 110 valence electrons. The Morgan fingerprint density at radius 2 is 1.85 bits per heavy atom. The molecule has 0 unspecified atom stereocenters. The second-order valence-electron chi connectivity index (χ2n) is 4.51. The van der Waals surface area contributed by atoms with Gasteiger partial charge in [-0.1, -0.05) is 30.3 Å². The summed E-state index contributed by atoms with van der Waals surface area (Å²) in [6.07, 6.45) is 2.96. The third-order valence-electron chi connectivity index (χ3n) is 2.50. The van der Waals surface area contributed by atoms with Crippen molar-refractivity contribution in [3.63, 3.8) is 0 Å². The van der Waals surface area contributed by atoms with E-state index in [1.807, 2.05) is 37.3 Å². The Morgan fingerprint density at radius 3 is 2.40 bits per heavy atom. The first-order chi connectivity index (χ1) is 9.28. The summed E-state index contributed by atoms with van der Waals surface area (Å²) in [6, 6.07) is 9.42. The summed E-state index contributed by atoms with van der Waals surface area (Å²) >= 11 is 0. The quantitative estimate of drug-likeness (QED) is 0.642. The number of benzene rings is 1. The molecule has 0 radical (unpaired) electrons. The fourth-order valence-corrected chi connectivity index (χ4v) is 2.23. The van der Waals surface area contributed by atoms with Crippen LogP contribution in [0.25, 0.3) is 0 Å². The van der Waals surface area contributed by atoms with Crippen molar-refractivity contribution in [3.8, 4) is 0 Å². The molecule has 1 aromatic carbocycles. The predicted octanol–water partition coefficient (Wildman–Crippen LogP) is 1.78. The molecular weight excluding hydrogens is 278 g/mol. The Morgan fingerprint density at radius 1 is 1.25 bits per heavy atom. The SMILES string of the molecule is C[C@@H](/C=C/C(=O)N[C@H](C)c1ccccc1)OS(C)(=O)=O. The minimum Gasteiger partial charge on any atom is -0.346 e. The van der Waals surface area contributed by atoms with E-state index in [-0.39, 0.29) is 11.9 Å². The number of amides is 1. The average Bonchev–Trinajstić information content (AvgIpc) is 2.35. The van der Waals surface area contributed by atoms with Gasteiger partial charge in [-0.3, -0.25) is 8.98 Å². The van der Waals surface area contributed by atoms with Crippen LogP contribution in [-0.4, -0.2) is 26.7 Å². The molecule has 0 aliphatic heterocycles. The van der Waals surface area contributed by atoms with Crippen LogP contribution >= 0.6 is 0 Å². The lowest BCUT2D eigenvalue weighted by Crippen LogP contribution is -2.25. The van der Waals surface area contributed by atoms with Gasteiger partial charge in [0.2, 0.25) is 5.91 Å². The normalized spacial score (nSPS) is 14.9. The molecule has 0 aliphatic rings. The molecule has 20 heavy (non-hydrogen) atoms. The van der Waals surface area contributed by atoms with Gasteiger partial charge in [0.05, 0.1) is 18.4 Å². The molecule has 0 bridgehead atoms. The van der Waals surface area contributed by atoms with Crippen molar-refractivity contribution in [1.29, 1.82) is 0 Å². The minimum absolute atomic E-state index is 0.125. The molecule has 2 atom stereocenters. The third-order valence-corrected chi connectivity index (χ3v) is 3.16. The van der Waals surface area contributed by atoms with Crippen LogP contribution in [0.2, 0.25) is 0 Å². The van der Waals surface area contributed by atoms with Crippen molar-refractivity contribution in [2.45, 2.75) is 26.0 Å². The molecule has 0 saturated carbocycles. The van der Waals surface area contributed by atoms with Crippen molar-refractivity contribution in [1.82, 2.24) is 5.32 Å². The summed E-state index contributed by atoms with van der Waals surface area (Å²) in [7, 11) is -3.52. The first kappa shape index (κ1) is 16.4. The van der Waals surface area contributed by atoms with Gasteiger partial charge in [0.1, 0.15) is 0 Å². The summed E-state index contributed by atoms with van der Waals surface area (Å²) in [6.45, 7) is 3.42. The molecule has 1 rings (SSSR count). The maximum atomic E-state index is 11.7. The van der Waals surface area contributed by atoms with E-state index in [1.54, 1.807) is 6.92 Å². The molecule has 0 fully saturated rings. The van der Waals surface area contributed by atoms with E-state index in [4.69, 9.17) is 0 Å². The van der Waals surface area contributed by atoms with E-state index in [1.165, 1.54) is 12.2 Å². The van der Waals surface area contributed by atoms with Gasteiger partial charge in [-0.05, 0) is 25.5 Å². The molecule has 0 heterocycles. The Kier molecular flexibility index (Phi) is 5.91. The fraction of sp³-hybridized carbons (Fsp3) is 0.357. The number of hydrogen-bond donors (Lipinski definition) is 1. The molecule has 0 saturated heterocycles. The molecular formula is C14H19NO4S. The van der Waals surface area contributed by atoms with Gasteiger partial charge in [0, 0.05) is 6.08 Å². The average molecular weight is 297 g/mol. The maximum absolute atomic E-state index is 11.7. The first-order valence-corrected chi connectivity index (χ1v) is 8.01. The number of rotatable bonds is 6. The second kappa shape index (κ2) is 7.21. The Hall–Kier alpha value is -1.66. The van der Waals surface area contributed by atoms with Crippen molar-refractivity contribution >= 4 is 16.0 Å². The maximum Gasteiger partial charge on any atom is 0.264 e. The van der Waals surface area contributed by atoms with Gasteiger partial charge >= 0.3 is 0 Å². The number of carbonyl (C=O) groups is 1. The molecule has 0 aromatic heterocycles. The van der Waals surface area contributed by atoms with Crippen molar-refractivity contribution in [3.05, 3.63) is 48.0 Å². The van der Waals surface area contributed by atoms with Crippen LogP contribution in [0.5, 0.6) is 0 Å². The van der Waals surface area contributed by atoms with Gasteiger partial charge in [-0.15, -0.1) is 0 Å². The van der Waals surface area contributed by atoms with Crippen LogP contribution < -0.4 is 5.32 Å². The van der Waals surface area contributed by atoms with E-state index >= 15 is 0 Å². The van der Waals surface area contributed by atoms with E-state index in [2.05, 4.69) is 9.50 Å². The molecule has 0 spiro atoms. The van der Waals surface area contributed by atoms with Crippen LogP contribution in [0.1, 0.15) is 25.5 Å². The third kappa shape index (κ3) is 6.49. The van der Waals surface area contributed by atoms with Crippen LogP contribution in [0.15, 0.2) is 42.5 Å². The zero-order valence-corrected chi connectivity index (χ0v) is 12.6. The summed E-state index contributed by atoms with van der Waals surface area (Å²) in [5.74, 6) is -0.301. The van der Waals surface area contributed by atoms with Gasteiger partial charge in [0.15, 0.2) is 0 Å². The Balaban J connectivity index is 2.51. The minimum atomic E-state index is -3.52. The van der Waals surface area contributed by atoms with Gasteiger partial charge in [0.25, 0.3) is 10.1 Å². The van der Waals surface area contributed by atoms with E-state index in [0.29, 0.717) is 0 Å². The van der Waals surface area contributed by atoms with Crippen LogP contribution in [0.4, 0.5) is 0 Å². The Bertz CT molecular complexity index is 566. The Labute approximate surface area is 119 Å².